The molecule has 0 radical (unpaired) electrons. The molecule has 4 nitrogen and oxygen atoms in total. The van der Waals surface area contributed by atoms with Crippen LogP contribution in [0.2, 0.25) is 0 Å². The SMILES string of the molecule is O=S(=O)([O-])[O-].[H-].[H-].[Pd+4]. The summed E-state index contributed by atoms with van der Waals surface area (Å²) in [6.07, 6.45) is 0. The van der Waals surface area contributed by atoms with Crippen molar-refractivity contribution in [1.29, 1.82) is 0 Å². The standard InChI is InChI=1S/H2O4S.Pd.2H/c1-5(2,3)4;;;/h(H2,1,2,3,4);;;/q;+4;2*-1/p-2. The van der Waals surface area contributed by atoms with E-state index in [0.717, 1.165) is 0 Å². The summed E-state index contributed by atoms with van der Waals surface area (Å²) in [6.45, 7) is 0. The Morgan fingerprint density at radius 1 is 1.33 bits per heavy atom. The first kappa shape index (κ1) is 9.73. The average Bonchev–Trinajstić information content (AvgIpc) is 0.722. The third-order valence-electron chi connectivity index (χ3n) is 0. The van der Waals surface area contributed by atoms with E-state index in [1.807, 2.05) is 0 Å². The van der Waals surface area contributed by atoms with E-state index in [2.05, 4.69) is 0 Å². The Bertz CT molecular complexity index is 97.2. The number of rotatable bonds is 0. The largest absolute Gasteiger partial charge is 4.00 e. The maximum Gasteiger partial charge on any atom is 4.00 e. The van der Waals surface area contributed by atoms with Gasteiger partial charge in [-0.3, -0.25) is 8.42 Å². The van der Waals surface area contributed by atoms with Crippen LogP contribution in [0.3, 0.4) is 0 Å². The van der Waals surface area contributed by atoms with Gasteiger partial charge < -0.3 is 12.0 Å². The van der Waals surface area contributed by atoms with E-state index in [1.54, 1.807) is 0 Å². The number of hydrogen-bond donors (Lipinski definition) is 0. The first-order chi connectivity index (χ1) is 2.00. The minimum absolute atomic E-state index is 0. The molecule has 0 aromatic carbocycles. The molecule has 0 atom stereocenters. The number of hydrogen-bond acceptors (Lipinski definition) is 4. The quantitative estimate of drug-likeness (QED) is 0.285. The van der Waals surface area contributed by atoms with Crippen molar-refractivity contribution in [3.63, 3.8) is 0 Å². The van der Waals surface area contributed by atoms with Crippen LogP contribution >= 0.6 is 0 Å². The second-order valence-electron chi connectivity index (χ2n) is 0.408. The molecule has 0 saturated heterocycles. The first-order valence-corrected chi connectivity index (χ1v) is 2.00. The first-order valence-electron chi connectivity index (χ1n) is 0.667. The summed E-state index contributed by atoms with van der Waals surface area (Å²) in [7, 11) is -5.17. The zero-order chi connectivity index (χ0) is 4.50. The van der Waals surface area contributed by atoms with Gasteiger partial charge in [0, 0.05) is 10.4 Å². The average molecular weight is 204 g/mol. The Hall–Kier alpha value is 0.532. The van der Waals surface area contributed by atoms with E-state index >= 15 is 0 Å². The van der Waals surface area contributed by atoms with Crippen LogP contribution in [0.4, 0.5) is 0 Å². The van der Waals surface area contributed by atoms with E-state index in [-0.39, 0.29) is 23.3 Å². The maximum atomic E-state index is 8.52. The van der Waals surface area contributed by atoms with Crippen molar-refractivity contribution in [1.82, 2.24) is 0 Å². The third kappa shape index (κ3) is 200. The molecule has 0 aliphatic rings. The van der Waals surface area contributed by atoms with Gasteiger partial charge in [-0.1, -0.05) is 0 Å². The van der Waals surface area contributed by atoms with Crippen LogP contribution < -0.4 is 0 Å². The molecule has 0 N–H and O–H groups in total. The molecule has 0 unspecified atom stereocenters. The van der Waals surface area contributed by atoms with Crippen LogP contribution in [0.5, 0.6) is 0 Å². The van der Waals surface area contributed by atoms with Crippen LogP contribution in [0, 0.1) is 0 Å². The van der Waals surface area contributed by atoms with E-state index < -0.39 is 10.4 Å². The maximum absolute atomic E-state index is 8.52. The van der Waals surface area contributed by atoms with Gasteiger partial charge >= 0.3 is 20.4 Å². The fourth-order valence-corrected chi connectivity index (χ4v) is 0. The Labute approximate surface area is 51.8 Å². The summed E-state index contributed by atoms with van der Waals surface area (Å²) in [5, 5.41) is 0. The van der Waals surface area contributed by atoms with Gasteiger partial charge in [-0.05, 0) is 0 Å². The van der Waals surface area contributed by atoms with Gasteiger partial charge in [0.25, 0.3) is 0 Å². The summed E-state index contributed by atoms with van der Waals surface area (Å²) >= 11 is 0. The van der Waals surface area contributed by atoms with Crippen molar-refractivity contribution in [2.75, 3.05) is 0 Å². The molecule has 0 aliphatic carbocycles. The minimum atomic E-state index is -5.17. The summed E-state index contributed by atoms with van der Waals surface area (Å²) in [6, 6.07) is 0. The van der Waals surface area contributed by atoms with Crippen molar-refractivity contribution < 1.29 is 40.8 Å². The molecule has 6 heavy (non-hydrogen) atoms. The molecule has 0 aliphatic heterocycles. The predicted octanol–water partition coefficient (Wildman–Crippen LogP) is -1.12. The van der Waals surface area contributed by atoms with Gasteiger partial charge in [0.05, 0.1) is 0 Å². The molecular weight excluding hydrogens is 202 g/mol. The molecule has 0 fully saturated rings. The summed E-state index contributed by atoms with van der Waals surface area (Å²) in [5.74, 6) is 0. The van der Waals surface area contributed by atoms with Gasteiger partial charge in [0.1, 0.15) is 0 Å². The van der Waals surface area contributed by atoms with Crippen LogP contribution in [0.15, 0.2) is 0 Å². The van der Waals surface area contributed by atoms with Gasteiger partial charge in [-0.15, -0.1) is 0 Å². The van der Waals surface area contributed by atoms with Crippen LogP contribution in [-0.2, 0) is 30.8 Å². The van der Waals surface area contributed by atoms with Crippen LogP contribution in [-0.4, -0.2) is 17.5 Å². The molecule has 0 aromatic heterocycles. The second kappa shape index (κ2) is 2.66. The Morgan fingerprint density at radius 2 is 1.33 bits per heavy atom. The summed E-state index contributed by atoms with van der Waals surface area (Å²) in [5.41, 5.74) is 0. The Balaban J connectivity index is -0.0000000267. The fourth-order valence-electron chi connectivity index (χ4n) is 0. The molecule has 0 amide bonds. The molecular formula is H2O4PdS. The van der Waals surface area contributed by atoms with Crippen molar-refractivity contribution >= 4 is 10.4 Å². The summed E-state index contributed by atoms with van der Waals surface area (Å²) < 4.78 is 34.1. The van der Waals surface area contributed by atoms with Gasteiger partial charge in [0.15, 0.2) is 0 Å². The van der Waals surface area contributed by atoms with E-state index in [4.69, 9.17) is 17.5 Å². The monoisotopic (exact) mass is 204 g/mol. The molecule has 0 aromatic rings. The van der Waals surface area contributed by atoms with Crippen LogP contribution in [0.25, 0.3) is 0 Å². The van der Waals surface area contributed by atoms with E-state index in [1.165, 1.54) is 0 Å². The molecule has 0 spiro atoms. The Morgan fingerprint density at radius 3 is 1.33 bits per heavy atom. The molecule has 6 heteroatoms. The third-order valence-corrected chi connectivity index (χ3v) is 0. The fraction of sp³-hybridized carbons (Fsp3) is 0. The molecule has 0 rings (SSSR count). The minimum Gasteiger partial charge on any atom is -1.00 e. The van der Waals surface area contributed by atoms with Gasteiger partial charge in [0.2, 0.25) is 0 Å². The van der Waals surface area contributed by atoms with Crippen molar-refractivity contribution in [3.8, 4) is 0 Å². The zero-order valence-corrected chi connectivity index (χ0v) is 4.73. The molecule has 0 bridgehead atoms. The second-order valence-corrected chi connectivity index (χ2v) is 1.22. The zero-order valence-electron chi connectivity index (χ0n) is 4.36. The van der Waals surface area contributed by atoms with E-state index in [0.29, 0.717) is 0 Å². The van der Waals surface area contributed by atoms with E-state index in [9.17, 15) is 0 Å². The van der Waals surface area contributed by atoms with Crippen molar-refractivity contribution in [2.45, 2.75) is 0 Å². The Kier molecular flexibility index (Phi) is 4.32. The molecule has 42 valence electrons. The van der Waals surface area contributed by atoms with Gasteiger partial charge in [-0.2, -0.15) is 0 Å². The summed E-state index contributed by atoms with van der Waals surface area (Å²) in [4.78, 5) is 0. The normalized spacial score (nSPS) is 9.67. The van der Waals surface area contributed by atoms with Crippen LogP contribution in [0.1, 0.15) is 2.85 Å². The molecule has 0 saturated carbocycles. The predicted molar refractivity (Wildman–Crippen MR) is 12.7 cm³/mol. The topological polar surface area (TPSA) is 80.3 Å². The molecule has 0 heterocycles. The van der Waals surface area contributed by atoms with Gasteiger partial charge in [-0.25, -0.2) is 0 Å². The van der Waals surface area contributed by atoms with Crippen molar-refractivity contribution in [2.24, 2.45) is 0 Å². The van der Waals surface area contributed by atoms with Crippen molar-refractivity contribution in [3.05, 3.63) is 0 Å². The smallest absolute Gasteiger partial charge is 1.00 e.